The maximum atomic E-state index is 6.25. The van der Waals surface area contributed by atoms with Gasteiger partial charge in [-0.2, -0.15) is 4.98 Å². The molecule has 6 rings (SSSR count). The van der Waals surface area contributed by atoms with Crippen molar-refractivity contribution in [2.75, 3.05) is 38.6 Å². The predicted molar refractivity (Wildman–Crippen MR) is 88.4 cm³/mol. The van der Waals surface area contributed by atoms with E-state index >= 15 is 0 Å². The second-order valence-corrected chi connectivity index (χ2v) is 6.77. The number of hydrogen-bond acceptors (Lipinski definition) is 7. The van der Waals surface area contributed by atoms with Crippen LogP contribution in [0, 0.1) is 5.92 Å². The molecule has 0 amide bonds. The van der Waals surface area contributed by atoms with Crippen molar-refractivity contribution < 1.29 is 9.47 Å². The number of anilines is 1. The maximum Gasteiger partial charge on any atom is 0.292 e. The summed E-state index contributed by atoms with van der Waals surface area (Å²) in [5.41, 5.74) is 0.593. The van der Waals surface area contributed by atoms with Crippen LogP contribution in [0.25, 0.3) is 5.65 Å². The molecule has 126 valence electrons. The summed E-state index contributed by atoms with van der Waals surface area (Å²) in [5, 5.41) is 7.53. The molecule has 0 aromatic carbocycles. The minimum Gasteiger partial charge on any atom is -0.495 e. The number of pyridine rings is 1. The number of aliphatic imine (C=N–C) groups is 1. The third-order valence-electron chi connectivity index (χ3n) is 5.37. The molecule has 1 unspecified atom stereocenters. The fraction of sp³-hybridized carbons (Fsp3) is 0.562. The Kier molecular flexibility index (Phi) is 2.97. The van der Waals surface area contributed by atoms with Crippen molar-refractivity contribution in [1.82, 2.24) is 19.5 Å². The van der Waals surface area contributed by atoms with Crippen molar-refractivity contribution in [2.24, 2.45) is 10.9 Å². The molecule has 4 aliphatic rings. The first-order chi connectivity index (χ1) is 11.7. The number of piperidine rings is 3. The minimum absolute atomic E-state index is 0.152. The van der Waals surface area contributed by atoms with Crippen LogP contribution in [0.3, 0.4) is 0 Å². The van der Waals surface area contributed by atoms with E-state index in [2.05, 4.69) is 25.3 Å². The van der Waals surface area contributed by atoms with Crippen LogP contribution in [0.15, 0.2) is 23.3 Å². The second kappa shape index (κ2) is 5.07. The molecular formula is C16H20N6O2. The Morgan fingerprint density at radius 2 is 2.21 bits per heavy atom. The molecule has 2 aromatic rings. The summed E-state index contributed by atoms with van der Waals surface area (Å²) in [6.07, 6.45) is 4.20. The summed E-state index contributed by atoms with van der Waals surface area (Å²) < 4.78 is 13.1. The van der Waals surface area contributed by atoms with E-state index in [4.69, 9.17) is 9.47 Å². The van der Waals surface area contributed by atoms with Crippen LogP contribution < -0.4 is 10.1 Å². The number of nitrogens with zero attached hydrogens (tertiary/aromatic N) is 5. The van der Waals surface area contributed by atoms with Gasteiger partial charge in [0.05, 0.1) is 19.9 Å². The average Bonchev–Trinajstić information content (AvgIpc) is 3.19. The highest BCUT2D eigenvalue weighted by Crippen LogP contribution is 2.40. The van der Waals surface area contributed by atoms with Crippen molar-refractivity contribution >= 4 is 17.6 Å². The lowest BCUT2D eigenvalue weighted by molar-refractivity contribution is -0.0829. The van der Waals surface area contributed by atoms with Gasteiger partial charge in [0.1, 0.15) is 11.4 Å². The van der Waals surface area contributed by atoms with Crippen LogP contribution in [-0.2, 0) is 4.74 Å². The Morgan fingerprint density at radius 1 is 1.33 bits per heavy atom. The molecule has 2 bridgehead atoms. The van der Waals surface area contributed by atoms with Crippen LogP contribution in [-0.4, -0.2) is 64.4 Å². The zero-order valence-corrected chi connectivity index (χ0v) is 13.6. The molecule has 2 aromatic heterocycles. The monoisotopic (exact) mass is 328 g/mol. The van der Waals surface area contributed by atoms with Crippen molar-refractivity contribution in [3.05, 3.63) is 18.3 Å². The molecule has 8 heteroatoms. The summed E-state index contributed by atoms with van der Waals surface area (Å²) in [4.78, 5) is 11.5. The molecule has 8 nitrogen and oxygen atoms in total. The topological polar surface area (TPSA) is 76.3 Å². The van der Waals surface area contributed by atoms with Crippen LogP contribution in [0.4, 0.5) is 5.95 Å². The van der Waals surface area contributed by atoms with Crippen LogP contribution in [0.1, 0.15) is 12.8 Å². The molecule has 1 atom stereocenters. The summed E-state index contributed by atoms with van der Waals surface area (Å²) in [5.74, 6) is 1.82. The van der Waals surface area contributed by atoms with E-state index in [0.29, 0.717) is 17.9 Å². The van der Waals surface area contributed by atoms with Crippen molar-refractivity contribution in [1.29, 1.82) is 0 Å². The fourth-order valence-corrected chi connectivity index (χ4v) is 4.08. The Bertz CT molecular complexity index is 810. The lowest BCUT2D eigenvalue weighted by Gasteiger charge is -2.50. The summed E-state index contributed by atoms with van der Waals surface area (Å²) in [6.45, 7) is 4.07. The lowest BCUT2D eigenvalue weighted by Crippen LogP contribution is -2.61. The molecule has 1 N–H and O–H groups in total. The standard InChI is InChI=1S/C16H20N6O2/c1-23-12-2-3-13-18-14(20-22(13)8-12)19-15-17-9-16(24-15)10-21-6-4-11(16)5-7-21/h2-3,8,11H,4-7,9-10H2,1H3,(H,17,19,20). The quantitative estimate of drug-likeness (QED) is 0.886. The van der Waals surface area contributed by atoms with Gasteiger partial charge in [-0.15, -0.1) is 5.10 Å². The van der Waals surface area contributed by atoms with Gasteiger partial charge < -0.3 is 9.47 Å². The SMILES string of the molecule is COc1ccc2nc(NC3=NCC4(CN5CCC4CC5)O3)nn2c1. The highest BCUT2D eigenvalue weighted by Gasteiger charge is 2.51. The predicted octanol–water partition coefficient (Wildman–Crippen LogP) is 1.00. The van der Waals surface area contributed by atoms with Gasteiger partial charge in [0, 0.05) is 12.5 Å². The van der Waals surface area contributed by atoms with Crippen LogP contribution >= 0.6 is 0 Å². The number of fused-ring (bicyclic) bond motifs is 3. The first-order valence-corrected chi connectivity index (χ1v) is 8.37. The Balaban J connectivity index is 1.34. The lowest BCUT2D eigenvalue weighted by atomic mass is 9.75. The molecule has 3 saturated heterocycles. The smallest absolute Gasteiger partial charge is 0.292 e. The molecule has 0 saturated carbocycles. The van der Waals surface area contributed by atoms with Crippen molar-refractivity contribution in [3.63, 3.8) is 0 Å². The number of nitrogens with one attached hydrogen (secondary N) is 1. The molecule has 4 aliphatic heterocycles. The normalized spacial score (nSPS) is 31.3. The van der Waals surface area contributed by atoms with E-state index in [1.807, 2.05) is 12.1 Å². The number of ether oxygens (including phenoxy) is 2. The van der Waals surface area contributed by atoms with E-state index in [1.54, 1.807) is 17.8 Å². The molecule has 0 aliphatic carbocycles. The zero-order chi connectivity index (χ0) is 16.1. The van der Waals surface area contributed by atoms with Gasteiger partial charge in [0.15, 0.2) is 5.65 Å². The van der Waals surface area contributed by atoms with Gasteiger partial charge in [0.2, 0.25) is 0 Å². The third-order valence-corrected chi connectivity index (χ3v) is 5.37. The highest BCUT2D eigenvalue weighted by molar-refractivity contribution is 5.89. The molecule has 3 fully saturated rings. The van der Waals surface area contributed by atoms with E-state index in [9.17, 15) is 0 Å². The number of amidine groups is 1. The Morgan fingerprint density at radius 3 is 2.96 bits per heavy atom. The molecule has 0 radical (unpaired) electrons. The molecular weight excluding hydrogens is 308 g/mol. The van der Waals surface area contributed by atoms with Crippen LogP contribution in [0.2, 0.25) is 0 Å². The summed E-state index contributed by atoms with van der Waals surface area (Å²) in [6, 6.07) is 4.26. The van der Waals surface area contributed by atoms with Crippen molar-refractivity contribution in [3.8, 4) is 5.75 Å². The fourth-order valence-electron chi connectivity index (χ4n) is 4.08. The van der Waals surface area contributed by atoms with E-state index in [0.717, 1.165) is 24.5 Å². The second-order valence-electron chi connectivity index (χ2n) is 6.77. The van der Waals surface area contributed by atoms with E-state index in [1.165, 1.54) is 25.9 Å². The van der Waals surface area contributed by atoms with E-state index in [-0.39, 0.29) is 5.60 Å². The zero-order valence-electron chi connectivity index (χ0n) is 13.6. The number of aromatic nitrogens is 3. The van der Waals surface area contributed by atoms with Gasteiger partial charge in [-0.1, -0.05) is 0 Å². The van der Waals surface area contributed by atoms with Gasteiger partial charge in [-0.05, 0) is 38.1 Å². The Hall–Kier alpha value is -2.35. The first-order valence-electron chi connectivity index (χ1n) is 8.37. The molecule has 6 heterocycles. The van der Waals surface area contributed by atoms with E-state index < -0.39 is 0 Å². The highest BCUT2D eigenvalue weighted by atomic mass is 16.5. The average molecular weight is 328 g/mol. The summed E-state index contributed by atoms with van der Waals surface area (Å²) in [7, 11) is 1.63. The molecule has 1 spiro atoms. The first kappa shape index (κ1) is 14.0. The number of hydrogen-bond donors (Lipinski definition) is 1. The largest absolute Gasteiger partial charge is 0.495 e. The van der Waals surface area contributed by atoms with Crippen LogP contribution in [0.5, 0.6) is 5.75 Å². The number of rotatable bonds is 2. The third kappa shape index (κ3) is 2.13. The molecule has 24 heavy (non-hydrogen) atoms. The summed E-state index contributed by atoms with van der Waals surface area (Å²) >= 11 is 0. The van der Waals surface area contributed by atoms with Crippen molar-refractivity contribution in [2.45, 2.75) is 18.4 Å². The van der Waals surface area contributed by atoms with Gasteiger partial charge in [-0.3, -0.25) is 10.2 Å². The number of methoxy groups -OCH3 is 1. The Labute approximate surface area is 139 Å². The minimum atomic E-state index is -0.152. The maximum absolute atomic E-state index is 6.25. The van der Waals surface area contributed by atoms with Gasteiger partial charge in [-0.25, -0.2) is 9.51 Å². The van der Waals surface area contributed by atoms with Gasteiger partial charge in [0.25, 0.3) is 12.0 Å². The van der Waals surface area contributed by atoms with Gasteiger partial charge >= 0.3 is 0 Å².